The van der Waals surface area contributed by atoms with E-state index in [0.29, 0.717) is 12.0 Å². The van der Waals surface area contributed by atoms with Crippen LogP contribution in [0.1, 0.15) is 80.8 Å². The summed E-state index contributed by atoms with van der Waals surface area (Å²) < 4.78 is 14.6. The summed E-state index contributed by atoms with van der Waals surface area (Å²) >= 11 is 0. The topological polar surface area (TPSA) is 51.6 Å². The molecule has 4 aromatic heterocycles. The van der Waals surface area contributed by atoms with Gasteiger partial charge < -0.3 is 4.74 Å². The number of aryl methyl sites for hydroxylation is 8. The highest BCUT2D eigenvalue weighted by Crippen LogP contribution is 2.21. The van der Waals surface area contributed by atoms with Gasteiger partial charge in [-0.2, -0.15) is 0 Å². The molecule has 0 saturated heterocycles. The quantitative estimate of drug-likeness (QED) is 0.0743. The monoisotopic (exact) mass is 661 g/mol. The third-order valence-corrected chi connectivity index (χ3v) is 8.98. The summed E-state index contributed by atoms with van der Waals surface area (Å²) in [5, 5.41) is 8.58. The van der Waals surface area contributed by atoms with Crippen LogP contribution in [0.2, 0.25) is 0 Å². The number of rotatable bonds is 18. The van der Waals surface area contributed by atoms with E-state index in [-0.39, 0.29) is 0 Å². The van der Waals surface area contributed by atoms with Crippen molar-refractivity contribution >= 4 is 0 Å². The molecule has 7 nitrogen and oxygen atoms in total. The van der Waals surface area contributed by atoms with Gasteiger partial charge in [-0.05, 0) is 73.3 Å². The smallest absolute Gasteiger partial charge is 0.171 e. The molecule has 5 aromatic rings. The Morgan fingerprint density at radius 2 is 1.27 bits per heavy atom. The van der Waals surface area contributed by atoms with E-state index in [2.05, 4.69) is 150 Å². The number of pyridine rings is 3. The Labute approximate surface area is 294 Å². The molecule has 0 unspecified atom stereocenters. The molecule has 258 valence electrons. The van der Waals surface area contributed by atoms with E-state index in [0.717, 1.165) is 70.6 Å². The lowest BCUT2D eigenvalue weighted by atomic mass is 9.90. The van der Waals surface area contributed by atoms with Gasteiger partial charge in [0.2, 0.25) is 0 Å². The van der Waals surface area contributed by atoms with E-state index in [1.165, 1.54) is 46.2 Å². The molecule has 1 aromatic carbocycles. The van der Waals surface area contributed by atoms with Crippen molar-refractivity contribution in [3.63, 3.8) is 0 Å². The molecule has 0 spiro atoms. The molecule has 4 heterocycles. The predicted octanol–water partition coefficient (Wildman–Crippen LogP) is 7.12. The van der Waals surface area contributed by atoms with Crippen LogP contribution in [0, 0.1) is 19.3 Å². The third-order valence-electron chi connectivity index (χ3n) is 8.98. The van der Waals surface area contributed by atoms with Crippen molar-refractivity contribution in [3.05, 3.63) is 126 Å². The first-order chi connectivity index (χ1) is 23.7. The summed E-state index contributed by atoms with van der Waals surface area (Å²) in [6, 6.07) is 20.2. The van der Waals surface area contributed by atoms with Crippen molar-refractivity contribution < 1.29 is 18.4 Å². The fraction of sp³-hybridized carbons (Fsp3) is 0.452. The van der Waals surface area contributed by atoms with Gasteiger partial charge in [-0.3, -0.25) is 4.68 Å². The van der Waals surface area contributed by atoms with E-state index in [4.69, 9.17) is 4.74 Å². The van der Waals surface area contributed by atoms with Crippen LogP contribution in [-0.4, -0.2) is 21.6 Å². The number of hydrogen-bond donors (Lipinski definition) is 0. The highest BCUT2D eigenvalue weighted by molar-refractivity contribution is 5.60. The summed E-state index contributed by atoms with van der Waals surface area (Å²) in [6.07, 6.45) is 23.0. The number of unbranched alkanes of at least 4 members (excludes halogenated alkanes) is 1. The maximum Gasteiger partial charge on any atom is 0.171 e. The lowest BCUT2D eigenvalue weighted by molar-refractivity contribution is -0.727. The van der Waals surface area contributed by atoms with E-state index >= 15 is 0 Å². The van der Waals surface area contributed by atoms with Gasteiger partial charge in [0, 0.05) is 55.0 Å². The van der Waals surface area contributed by atoms with Gasteiger partial charge in [0.1, 0.15) is 5.69 Å². The highest BCUT2D eigenvalue weighted by atomic mass is 16.5. The SMILES string of the molecule is Cc1cc(C)c[n+](CCC[n+]2ccc(-c3cc[n+](CCc4ccc(CCCn5cc(COCCCCC(C)(C)C)nn5)cc4)cc3)cc2)c1. The molecule has 0 amide bonds. The van der Waals surface area contributed by atoms with Gasteiger partial charge in [0.15, 0.2) is 56.8 Å². The van der Waals surface area contributed by atoms with Crippen molar-refractivity contribution in [2.24, 2.45) is 5.41 Å². The predicted molar refractivity (Wildman–Crippen MR) is 194 cm³/mol. The second-order valence-electron chi connectivity index (χ2n) is 14.8. The van der Waals surface area contributed by atoms with Crippen LogP contribution in [0.25, 0.3) is 11.1 Å². The van der Waals surface area contributed by atoms with Crippen LogP contribution in [0.4, 0.5) is 0 Å². The Morgan fingerprint density at radius 3 is 1.90 bits per heavy atom. The zero-order valence-corrected chi connectivity index (χ0v) is 30.5. The molecular weight excluding hydrogens is 605 g/mol. The minimum Gasteiger partial charge on any atom is -0.375 e. The van der Waals surface area contributed by atoms with Crippen LogP contribution < -0.4 is 13.7 Å². The standard InChI is InChI=1S/C42H57N6O/c1-35-30-36(2)32-47(31-35)22-9-21-45-25-16-39(17-26-45)40-18-27-46(28-19-40)24-15-38-13-11-37(12-14-38)10-8-23-48-33-41(43-44-48)34-49-29-7-6-20-42(3,4)5/h11-14,16-19,25-28,30-33H,6-10,15,20-24,29,34H2,1-5H3/q+3. The number of ether oxygens (including phenoxy) is 1. The van der Waals surface area contributed by atoms with Crippen LogP contribution in [0.15, 0.2) is 98.0 Å². The van der Waals surface area contributed by atoms with Gasteiger partial charge >= 0.3 is 0 Å². The number of nitrogens with zero attached hydrogens (tertiary/aromatic N) is 6. The zero-order chi connectivity index (χ0) is 34.5. The van der Waals surface area contributed by atoms with Crippen molar-refractivity contribution in [1.82, 2.24) is 15.0 Å². The third kappa shape index (κ3) is 12.6. The fourth-order valence-electron chi connectivity index (χ4n) is 6.28. The molecule has 0 atom stereocenters. The maximum absolute atomic E-state index is 5.81. The summed E-state index contributed by atoms with van der Waals surface area (Å²) in [4.78, 5) is 0. The second-order valence-corrected chi connectivity index (χ2v) is 14.8. The summed E-state index contributed by atoms with van der Waals surface area (Å²) in [6.45, 7) is 16.4. The average molecular weight is 662 g/mol. The first kappa shape index (κ1) is 36.1. The van der Waals surface area contributed by atoms with Gasteiger partial charge in [0.05, 0.1) is 19.2 Å². The van der Waals surface area contributed by atoms with Crippen molar-refractivity contribution in [2.45, 2.75) is 112 Å². The molecule has 0 bridgehead atoms. The summed E-state index contributed by atoms with van der Waals surface area (Å²) in [7, 11) is 0. The highest BCUT2D eigenvalue weighted by Gasteiger charge is 2.11. The minimum absolute atomic E-state index is 0.397. The van der Waals surface area contributed by atoms with Crippen LogP contribution in [0.5, 0.6) is 0 Å². The van der Waals surface area contributed by atoms with Crippen LogP contribution in [-0.2, 0) is 50.4 Å². The van der Waals surface area contributed by atoms with Crippen molar-refractivity contribution in [2.75, 3.05) is 6.61 Å². The maximum atomic E-state index is 5.81. The molecule has 0 fully saturated rings. The number of benzene rings is 1. The van der Waals surface area contributed by atoms with Gasteiger partial charge in [-0.25, -0.2) is 13.7 Å². The number of aromatic nitrogens is 6. The Kier molecular flexibility index (Phi) is 13.2. The lowest BCUT2D eigenvalue weighted by Gasteiger charge is -2.17. The Balaban J connectivity index is 0.975. The molecule has 49 heavy (non-hydrogen) atoms. The van der Waals surface area contributed by atoms with Crippen molar-refractivity contribution in [1.29, 1.82) is 0 Å². The molecule has 5 rings (SSSR count). The Morgan fingerprint density at radius 1 is 0.673 bits per heavy atom. The molecule has 7 heteroatoms. The first-order valence-electron chi connectivity index (χ1n) is 18.2. The second kappa shape index (κ2) is 18.0. The largest absolute Gasteiger partial charge is 0.375 e. The van der Waals surface area contributed by atoms with E-state index in [9.17, 15) is 0 Å². The lowest BCUT2D eigenvalue weighted by Crippen LogP contribution is -2.38. The summed E-state index contributed by atoms with van der Waals surface area (Å²) in [5.41, 5.74) is 9.16. The van der Waals surface area contributed by atoms with Gasteiger partial charge in [-0.1, -0.05) is 56.7 Å². The zero-order valence-electron chi connectivity index (χ0n) is 30.5. The average Bonchev–Trinajstić information content (AvgIpc) is 3.53. The molecule has 0 radical (unpaired) electrons. The normalized spacial score (nSPS) is 11.7. The van der Waals surface area contributed by atoms with E-state index < -0.39 is 0 Å². The molecule has 0 aliphatic rings. The van der Waals surface area contributed by atoms with Crippen LogP contribution in [0.3, 0.4) is 0 Å². The first-order valence-corrected chi connectivity index (χ1v) is 18.2. The van der Waals surface area contributed by atoms with Gasteiger partial charge in [0.25, 0.3) is 0 Å². The molecular formula is C42H57N6O+3. The van der Waals surface area contributed by atoms with E-state index in [1.54, 1.807) is 0 Å². The summed E-state index contributed by atoms with van der Waals surface area (Å²) in [5.74, 6) is 0. The fourth-order valence-corrected chi connectivity index (χ4v) is 6.28. The van der Waals surface area contributed by atoms with Gasteiger partial charge in [-0.15, -0.1) is 5.10 Å². The molecule has 0 aliphatic carbocycles. The minimum atomic E-state index is 0.397. The van der Waals surface area contributed by atoms with E-state index in [1.807, 2.05) is 10.9 Å². The molecule has 0 N–H and O–H groups in total. The van der Waals surface area contributed by atoms with Crippen molar-refractivity contribution in [3.8, 4) is 11.1 Å². The molecule has 0 saturated carbocycles. The van der Waals surface area contributed by atoms with Crippen LogP contribution >= 0.6 is 0 Å². The Hall–Kier alpha value is -4.23. The Bertz CT molecular complexity index is 1680. The number of hydrogen-bond acceptors (Lipinski definition) is 3. The molecule has 0 aliphatic heterocycles.